The van der Waals surface area contributed by atoms with Crippen molar-refractivity contribution in [1.82, 2.24) is 9.97 Å². The number of hydrogen-bond acceptors (Lipinski definition) is 4. The van der Waals surface area contributed by atoms with Crippen molar-refractivity contribution in [2.45, 2.75) is 32.1 Å². The van der Waals surface area contributed by atoms with Crippen LogP contribution in [0.2, 0.25) is 0 Å². The van der Waals surface area contributed by atoms with Gasteiger partial charge in [-0.15, -0.1) is 0 Å². The van der Waals surface area contributed by atoms with Gasteiger partial charge in [-0.3, -0.25) is 0 Å². The maximum atomic E-state index is 4.54. The highest BCUT2D eigenvalue weighted by atomic mass is 79.9. The maximum Gasteiger partial charge on any atom is 0.224 e. The fourth-order valence-corrected chi connectivity index (χ4v) is 2.60. The highest BCUT2D eigenvalue weighted by Crippen LogP contribution is 2.26. The molecule has 0 aliphatic carbocycles. The lowest BCUT2D eigenvalue weighted by Gasteiger charge is -2.26. The van der Waals surface area contributed by atoms with Gasteiger partial charge in [0.25, 0.3) is 0 Å². The van der Waals surface area contributed by atoms with Gasteiger partial charge in [-0.25, -0.2) is 4.98 Å². The molecule has 1 N–H and O–H groups in total. The number of aromatic nitrogens is 2. The molecule has 0 saturated carbocycles. The van der Waals surface area contributed by atoms with Gasteiger partial charge in [0.15, 0.2) is 0 Å². The summed E-state index contributed by atoms with van der Waals surface area (Å²) in [5.41, 5.74) is 0. The van der Waals surface area contributed by atoms with Crippen LogP contribution in [0.1, 0.15) is 32.1 Å². The summed E-state index contributed by atoms with van der Waals surface area (Å²) < 4.78 is 0.983. The van der Waals surface area contributed by atoms with E-state index in [0.717, 1.165) is 23.4 Å². The summed E-state index contributed by atoms with van der Waals surface area (Å²) in [6, 6.07) is 0. The van der Waals surface area contributed by atoms with Crippen molar-refractivity contribution >= 4 is 27.7 Å². The van der Waals surface area contributed by atoms with E-state index < -0.39 is 0 Å². The standard InChI is InChI=1S/C12H19BrN4/c1-14-12-15-9-10(13)11(16-12)17-7-5-3-2-4-6-8-17/h9H,2-8H2,1H3,(H,14,15,16). The molecule has 4 nitrogen and oxygen atoms in total. The Morgan fingerprint density at radius 3 is 2.47 bits per heavy atom. The van der Waals surface area contributed by atoms with E-state index in [1.165, 1.54) is 32.1 Å². The molecule has 1 aromatic rings. The molecule has 1 aromatic heterocycles. The van der Waals surface area contributed by atoms with Gasteiger partial charge in [0.1, 0.15) is 5.82 Å². The van der Waals surface area contributed by atoms with Crippen LogP contribution in [-0.2, 0) is 0 Å². The maximum absolute atomic E-state index is 4.54. The number of halogens is 1. The van der Waals surface area contributed by atoms with Crippen LogP contribution in [-0.4, -0.2) is 30.1 Å². The van der Waals surface area contributed by atoms with Gasteiger partial charge in [0.05, 0.1) is 4.47 Å². The van der Waals surface area contributed by atoms with Gasteiger partial charge in [0, 0.05) is 26.3 Å². The van der Waals surface area contributed by atoms with Crippen molar-refractivity contribution in [3.05, 3.63) is 10.7 Å². The molecule has 1 fully saturated rings. The predicted molar refractivity (Wildman–Crippen MR) is 74.6 cm³/mol. The first-order valence-corrected chi connectivity index (χ1v) is 7.06. The van der Waals surface area contributed by atoms with Crippen LogP contribution in [0.25, 0.3) is 0 Å². The first kappa shape index (κ1) is 12.6. The van der Waals surface area contributed by atoms with Crippen molar-refractivity contribution in [3.8, 4) is 0 Å². The van der Waals surface area contributed by atoms with Gasteiger partial charge in [-0.1, -0.05) is 19.3 Å². The SMILES string of the molecule is CNc1ncc(Br)c(N2CCCCCCC2)n1. The van der Waals surface area contributed by atoms with Gasteiger partial charge in [0.2, 0.25) is 5.95 Å². The zero-order valence-corrected chi connectivity index (χ0v) is 11.8. The summed E-state index contributed by atoms with van der Waals surface area (Å²) in [6.45, 7) is 2.19. The fraction of sp³-hybridized carbons (Fsp3) is 0.667. The number of anilines is 2. The van der Waals surface area contributed by atoms with E-state index in [-0.39, 0.29) is 0 Å². The van der Waals surface area contributed by atoms with Crippen LogP contribution >= 0.6 is 15.9 Å². The average molecular weight is 299 g/mol. The lowest BCUT2D eigenvalue weighted by Crippen LogP contribution is -2.28. The van der Waals surface area contributed by atoms with E-state index in [1.807, 2.05) is 13.2 Å². The van der Waals surface area contributed by atoms with E-state index in [0.29, 0.717) is 5.95 Å². The lowest BCUT2D eigenvalue weighted by atomic mass is 10.1. The van der Waals surface area contributed by atoms with Crippen LogP contribution in [0.4, 0.5) is 11.8 Å². The van der Waals surface area contributed by atoms with Crippen molar-refractivity contribution in [1.29, 1.82) is 0 Å². The Kier molecular flexibility index (Phi) is 4.59. The fourth-order valence-electron chi connectivity index (χ4n) is 2.16. The Balaban J connectivity index is 2.17. The summed E-state index contributed by atoms with van der Waals surface area (Å²) in [7, 11) is 1.85. The zero-order valence-electron chi connectivity index (χ0n) is 10.2. The molecule has 0 atom stereocenters. The van der Waals surface area contributed by atoms with Crippen LogP contribution in [0.3, 0.4) is 0 Å². The summed E-state index contributed by atoms with van der Waals surface area (Å²) in [6.07, 6.45) is 8.38. The smallest absolute Gasteiger partial charge is 0.224 e. The molecule has 2 heterocycles. The summed E-state index contributed by atoms with van der Waals surface area (Å²) >= 11 is 3.55. The molecular formula is C12H19BrN4. The summed E-state index contributed by atoms with van der Waals surface area (Å²) in [5, 5.41) is 2.99. The second-order valence-corrected chi connectivity index (χ2v) is 5.22. The van der Waals surface area contributed by atoms with E-state index in [9.17, 15) is 0 Å². The average Bonchev–Trinajstić information content (AvgIpc) is 2.30. The molecule has 94 valence electrons. The van der Waals surface area contributed by atoms with Gasteiger partial charge in [-0.2, -0.15) is 4.98 Å². The second kappa shape index (κ2) is 6.19. The summed E-state index contributed by atoms with van der Waals surface area (Å²) in [4.78, 5) is 11.1. The molecule has 0 bridgehead atoms. The molecule has 17 heavy (non-hydrogen) atoms. The number of rotatable bonds is 2. The Labute approximate surface area is 111 Å². The molecule has 0 aromatic carbocycles. The highest BCUT2D eigenvalue weighted by molar-refractivity contribution is 9.10. The van der Waals surface area contributed by atoms with Crippen LogP contribution in [0.5, 0.6) is 0 Å². The first-order valence-electron chi connectivity index (χ1n) is 6.26. The third-order valence-corrected chi connectivity index (χ3v) is 3.66. The zero-order chi connectivity index (χ0) is 12.1. The number of hydrogen-bond donors (Lipinski definition) is 1. The monoisotopic (exact) mass is 298 g/mol. The highest BCUT2D eigenvalue weighted by Gasteiger charge is 2.14. The minimum atomic E-state index is 0.685. The lowest BCUT2D eigenvalue weighted by molar-refractivity contribution is 0.553. The van der Waals surface area contributed by atoms with Crippen molar-refractivity contribution in [3.63, 3.8) is 0 Å². The normalized spacial score (nSPS) is 17.4. The minimum absolute atomic E-state index is 0.685. The Morgan fingerprint density at radius 2 is 1.82 bits per heavy atom. The molecule has 0 amide bonds. The van der Waals surface area contributed by atoms with E-state index >= 15 is 0 Å². The minimum Gasteiger partial charge on any atom is -0.357 e. The van der Waals surface area contributed by atoms with Crippen LogP contribution in [0, 0.1) is 0 Å². The molecule has 1 saturated heterocycles. The Morgan fingerprint density at radius 1 is 1.18 bits per heavy atom. The molecule has 2 rings (SSSR count). The molecule has 5 heteroatoms. The molecule has 1 aliphatic heterocycles. The van der Waals surface area contributed by atoms with Gasteiger partial charge in [-0.05, 0) is 28.8 Å². The third-order valence-electron chi connectivity index (χ3n) is 3.10. The number of nitrogens with one attached hydrogen (secondary N) is 1. The molecule has 0 spiro atoms. The number of nitrogens with zero attached hydrogens (tertiary/aromatic N) is 3. The Bertz CT molecular complexity index is 362. The largest absolute Gasteiger partial charge is 0.357 e. The van der Waals surface area contributed by atoms with Gasteiger partial charge < -0.3 is 10.2 Å². The van der Waals surface area contributed by atoms with Crippen LogP contribution in [0.15, 0.2) is 10.7 Å². The van der Waals surface area contributed by atoms with Crippen molar-refractivity contribution in [2.75, 3.05) is 30.4 Å². The molecule has 1 aliphatic rings. The molecule has 0 unspecified atom stereocenters. The molecule has 0 radical (unpaired) electrons. The van der Waals surface area contributed by atoms with E-state index in [2.05, 4.69) is 36.1 Å². The quantitative estimate of drug-likeness (QED) is 0.911. The predicted octanol–water partition coefficient (Wildman–Crippen LogP) is 3.05. The van der Waals surface area contributed by atoms with Crippen molar-refractivity contribution in [2.24, 2.45) is 0 Å². The summed E-state index contributed by atoms with van der Waals surface area (Å²) in [5.74, 6) is 1.71. The third kappa shape index (κ3) is 3.31. The molecular weight excluding hydrogens is 280 g/mol. The van der Waals surface area contributed by atoms with Crippen LogP contribution < -0.4 is 10.2 Å². The van der Waals surface area contributed by atoms with Gasteiger partial charge >= 0.3 is 0 Å². The van der Waals surface area contributed by atoms with E-state index in [4.69, 9.17) is 0 Å². The van der Waals surface area contributed by atoms with Crippen molar-refractivity contribution < 1.29 is 0 Å². The topological polar surface area (TPSA) is 41.1 Å². The van der Waals surface area contributed by atoms with E-state index in [1.54, 1.807) is 0 Å². The second-order valence-electron chi connectivity index (χ2n) is 4.37. The Hall–Kier alpha value is -0.840. The first-order chi connectivity index (χ1) is 8.31.